The van der Waals surface area contributed by atoms with Crippen LogP contribution in [0, 0.1) is 11.7 Å². The number of hydrogen-bond donors (Lipinski definition) is 1. The number of rotatable bonds is 5. The summed E-state index contributed by atoms with van der Waals surface area (Å²) in [6.07, 6.45) is 1.01. The summed E-state index contributed by atoms with van der Waals surface area (Å²) in [6, 6.07) is 5.08. The molecule has 0 aliphatic carbocycles. The number of halogens is 2. The van der Waals surface area contributed by atoms with Gasteiger partial charge in [0.25, 0.3) is 0 Å². The molecule has 0 amide bonds. The first-order valence-electron chi connectivity index (χ1n) is 5.73. The van der Waals surface area contributed by atoms with E-state index in [1.807, 2.05) is 0 Å². The van der Waals surface area contributed by atoms with Crippen LogP contribution in [0.5, 0.6) is 0 Å². The molecule has 1 aromatic rings. The van der Waals surface area contributed by atoms with Gasteiger partial charge >= 0.3 is 0 Å². The molecule has 0 aliphatic rings. The summed E-state index contributed by atoms with van der Waals surface area (Å²) in [5, 5.41) is 3.40. The largest absolute Gasteiger partial charge is 0.310 e. The van der Waals surface area contributed by atoms with Crippen LogP contribution in [0.25, 0.3) is 0 Å². The van der Waals surface area contributed by atoms with Crippen molar-refractivity contribution in [3.05, 3.63) is 34.1 Å². The Morgan fingerprint density at radius 1 is 1.38 bits per heavy atom. The number of nitrogens with one attached hydrogen (secondary N) is 1. The lowest BCUT2D eigenvalue weighted by molar-refractivity contribution is 0.435. The standard InChI is InChI=1S/C13H19BrFN/c1-4-16-13(7-9(2)3)11-8-10(15)5-6-12(11)14/h5-6,8-9,13,16H,4,7H2,1-3H3. The van der Waals surface area contributed by atoms with E-state index < -0.39 is 0 Å². The molecule has 1 nitrogen and oxygen atoms in total. The maximum absolute atomic E-state index is 13.2. The van der Waals surface area contributed by atoms with Gasteiger partial charge in [0.1, 0.15) is 5.82 Å². The molecule has 1 atom stereocenters. The van der Waals surface area contributed by atoms with E-state index in [-0.39, 0.29) is 11.9 Å². The minimum Gasteiger partial charge on any atom is -0.310 e. The van der Waals surface area contributed by atoms with Crippen molar-refractivity contribution in [2.75, 3.05) is 6.54 Å². The summed E-state index contributed by atoms with van der Waals surface area (Å²) >= 11 is 3.48. The first-order chi connectivity index (χ1) is 7.54. The predicted molar refractivity (Wildman–Crippen MR) is 70.0 cm³/mol. The molecular formula is C13H19BrFN. The zero-order chi connectivity index (χ0) is 12.1. The van der Waals surface area contributed by atoms with Gasteiger partial charge in [-0.15, -0.1) is 0 Å². The van der Waals surface area contributed by atoms with Gasteiger partial charge in [0.05, 0.1) is 0 Å². The molecule has 1 rings (SSSR count). The SMILES string of the molecule is CCNC(CC(C)C)c1cc(F)ccc1Br. The monoisotopic (exact) mass is 287 g/mol. The minimum absolute atomic E-state index is 0.176. The Bertz CT molecular complexity index is 339. The minimum atomic E-state index is -0.176. The highest BCUT2D eigenvalue weighted by Gasteiger charge is 2.15. The molecule has 0 aliphatic heterocycles. The van der Waals surface area contributed by atoms with E-state index in [4.69, 9.17) is 0 Å². The molecule has 1 N–H and O–H groups in total. The van der Waals surface area contributed by atoms with Gasteiger partial charge in [0.15, 0.2) is 0 Å². The highest BCUT2D eigenvalue weighted by molar-refractivity contribution is 9.10. The topological polar surface area (TPSA) is 12.0 Å². The van der Waals surface area contributed by atoms with Crippen LogP contribution in [0.15, 0.2) is 22.7 Å². The average molecular weight is 288 g/mol. The molecule has 0 radical (unpaired) electrons. The molecule has 0 saturated carbocycles. The maximum Gasteiger partial charge on any atom is 0.123 e. The van der Waals surface area contributed by atoms with E-state index in [9.17, 15) is 4.39 Å². The van der Waals surface area contributed by atoms with E-state index in [1.165, 1.54) is 6.07 Å². The van der Waals surface area contributed by atoms with Crippen LogP contribution in [0.4, 0.5) is 4.39 Å². The normalized spacial score (nSPS) is 13.1. The fourth-order valence-corrected chi connectivity index (χ4v) is 2.34. The highest BCUT2D eigenvalue weighted by Crippen LogP contribution is 2.28. The van der Waals surface area contributed by atoms with Crippen LogP contribution in [0.3, 0.4) is 0 Å². The van der Waals surface area contributed by atoms with Crippen molar-refractivity contribution in [2.24, 2.45) is 5.92 Å². The summed E-state index contributed by atoms with van der Waals surface area (Å²) in [5.74, 6) is 0.407. The Morgan fingerprint density at radius 2 is 2.06 bits per heavy atom. The van der Waals surface area contributed by atoms with Gasteiger partial charge in [-0.1, -0.05) is 36.7 Å². The molecule has 3 heteroatoms. The molecule has 0 fully saturated rings. The van der Waals surface area contributed by atoms with Gasteiger partial charge in [-0.05, 0) is 42.6 Å². The van der Waals surface area contributed by atoms with Crippen LogP contribution in [0.1, 0.15) is 38.8 Å². The van der Waals surface area contributed by atoms with E-state index in [0.29, 0.717) is 5.92 Å². The Labute approximate surface area is 106 Å². The van der Waals surface area contributed by atoms with Crippen molar-refractivity contribution < 1.29 is 4.39 Å². The molecule has 0 aromatic heterocycles. The Balaban J connectivity index is 2.94. The van der Waals surface area contributed by atoms with Gasteiger partial charge in [0.2, 0.25) is 0 Å². The molecule has 0 saturated heterocycles. The third-order valence-electron chi connectivity index (χ3n) is 2.49. The second-order valence-electron chi connectivity index (χ2n) is 4.41. The van der Waals surface area contributed by atoms with Crippen molar-refractivity contribution in [1.82, 2.24) is 5.32 Å². The molecule has 90 valence electrons. The van der Waals surface area contributed by atoms with Crippen molar-refractivity contribution in [1.29, 1.82) is 0 Å². The van der Waals surface area contributed by atoms with Crippen LogP contribution in [-0.4, -0.2) is 6.54 Å². The molecule has 1 aromatic carbocycles. The number of benzene rings is 1. The third kappa shape index (κ3) is 3.87. The molecule has 0 heterocycles. The molecular weight excluding hydrogens is 269 g/mol. The quantitative estimate of drug-likeness (QED) is 0.852. The van der Waals surface area contributed by atoms with E-state index in [1.54, 1.807) is 12.1 Å². The summed E-state index contributed by atoms with van der Waals surface area (Å²) in [7, 11) is 0. The van der Waals surface area contributed by atoms with Gasteiger partial charge in [-0.25, -0.2) is 4.39 Å². The van der Waals surface area contributed by atoms with E-state index in [0.717, 1.165) is 23.0 Å². The zero-order valence-corrected chi connectivity index (χ0v) is 11.6. The van der Waals surface area contributed by atoms with Gasteiger partial charge in [-0.2, -0.15) is 0 Å². The summed E-state index contributed by atoms with van der Waals surface area (Å²) in [5.41, 5.74) is 1.01. The van der Waals surface area contributed by atoms with Gasteiger partial charge < -0.3 is 5.32 Å². The van der Waals surface area contributed by atoms with Crippen LogP contribution < -0.4 is 5.32 Å². The lowest BCUT2D eigenvalue weighted by atomic mass is 9.97. The smallest absolute Gasteiger partial charge is 0.123 e. The summed E-state index contributed by atoms with van der Waals surface area (Å²) < 4.78 is 14.2. The van der Waals surface area contributed by atoms with E-state index >= 15 is 0 Å². The molecule has 0 spiro atoms. The lowest BCUT2D eigenvalue weighted by Crippen LogP contribution is -2.22. The molecule has 1 unspecified atom stereocenters. The Kier molecular flexibility index (Phi) is 5.42. The Morgan fingerprint density at radius 3 is 2.62 bits per heavy atom. The van der Waals surface area contributed by atoms with Crippen molar-refractivity contribution in [3.8, 4) is 0 Å². The summed E-state index contributed by atoms with van der Waals surface area (Å²) in [4.78, 5) is 0. The van der Waals surface area contributed by atoms with Crippen molar-refractivity contribution in [3.63, 3.8) is 0 Å². The fraction of sp³-hybridized carbons (Fsp3) is 0.538. The van der Waals surface area contributed by atoms with Gasteiger partial charge in [0, 0.05) is 10.5 Å². The highest BCUT2D eigenvalue weighted by atomic mass is 79.9. The van der Waals surface area contributed by atoms with E-state index in [2.05, 4.69) is 42.0 Å². The zero-order valence-electron chi connectivity index (χ0n) is 10.1. The average Bonchev–Trinajstić information content (AvgIpc) is 2.20. The van der Waals surface area contributed by atoms with Crippen molar-refractivity contribution >= 4 is 15.9 Å². The van der Waals surface area contributed by atoms with Crippen LogP contribution in [-0.2, 0) is 0 Å². The lowest BCUT2D eigenvalue weighted by Gasteiger charge is -2.21. The first-order valence-corrected chi connectivity index (χ1v) is 6.52. The Hall–Kier alpha value is -0.410. The van der Waals surface area contributed by atoms with Crippen LogP contribution in [0.2, 0.25) is 0 Å². The second kappa shape index (κ2) is 6.36. The predicted octanol–water partition coefficient (Wildman–Crippen LogP) is 4.28. The molecule has 16 heavy (non-hydrogen) atoms. The summed E-state index contributed by atoms with van der Waals surface area (Å²) in [6.45, 7) is 7.32. The van der Waals surface area contributed by atoms with Crippen LogP contribution >= 0.6 is 15.9 Å². The van der Waals surface area contributed by atoms with Gasteiger partial charge in [-0.3, -0.25) is 0 Å². The maximum atomic E-state index is 13.2. The second-order valence-corrected chi connectivity index (χ2v) is 5.26. The fourth-order valence-electron chi connectivity index (χ4n) is 1.82. The number of hydrogen-bond acceptors (Lipinski definition) is 1. The third-order valence-corrected chi connectivity index (χ3v) is 3.21. The van der Waals surface area contributed by atoms with Crippen molar-refractivity contribution in [2.45, 2.75) is 33.2 Å². The molecule has 0 bridgehead atoms. The first kappa shape index (κ1) is 13.7.